The SMILES string of the molecule is CC(C)(C)c1nc(-c2cncn2C2CC2)nc(Cl)c1I. The van der Waals surface area contributed by atoms with Crippen LogP contribution in [0.1, 0.15) is 45.3 Å². The topological polar surface area (TPSA) is 43.6 Å². The number of aromatic nitrogens is 4. The van der Waals surface area contributed by atoms with E-state index < -0.39 is 0 Å². The zero-order valence-electron chi connectivity index (χ0n) is 11.7. The average molecular weight is 403 g/mol. The fourth-order valence-electron chi connectivity index (χ4n) is 2.15. The number of rotatable bonds is 2. The van der Waals surface area contributed by atoms with E-state index in [2.05, 4.69) is 57.9 Å². The van der Waals surface area contributed by atoms with E-state index in [-0.39, 0.29) is 5.41 Å². The monoisotopic (exact) mass is 402 g/mol. The number of hydrogen-bond acceptors (Lipinski definition) is 3. The van der Waals surface area contributed by atoms with Gasteiger partial charge in [-0.2, -0.15) is 0 Å². The summed E-state index contributed by atoms with van der Waals surface area (Å²) < 4.78 is 3.09. The molecule has 2 heterocycles. The molecule has 3 rings (SSSR count). The molecule has 0 saturated heterocycles. The Bertz CT molecular complexity index is 656. The minimum Gasteiger partial charge on any atom is -0.325 e. The van der Waals surface area contributed by atoms with E-state index in [9.17, 15) is 0 Å². The summed E-state index contributed by atoms with van der Waals surface area (Å²) in [7, 11) is 0. The van der Waals surface area contributed by atoms with Gasteiger partial charge in [0.25, 0.3) is 0 Å². The van der Waals surface area contributed by atoms with Crippen LogP contribution < -0.4 is 0 Å². The van der Waals surface area contributed by atoms with Crippen LogP contribution in [0.15, 0.2) is 12.5 Å². The first-order valence-electron chi connectivity index (χ1n) is 6.63. The lowest BCUT2D eigenvalue weighted by Gasteiger charge is -2.20. The molecule has 1 fully saturated rings. The fourth-order valence-corrected chi connectivity index (χ4v) is 3.37. The van der Waals surface area contributed by atoms with Crippen LogP contribution in [-0.2, 0) is 5.41 Å². The van der Waals surface area contributed by atoms with Crippen molar-refractivity contribution in [2.45, 2.75) is 45.1 Å². The highest BCUT2D eigenvalue weighted by Crippen LogP contribution is 2.38. The zero-order chi connectivity index (χ0) is 14.5. The number of imidazole rings is 1. The Hall–Kier alpha value is -0.690. The van der Waals surface area contributed by atoms with Gasteiger partial charge in [-0.25, -0.2) is 15.0 Å². The molecule has 0 atom stereocenters. The predicted molar refractivity (Wildman–Crippen MR) is 88.0 cm³/mol. The van der Waals surface area contributed by atoms with Gasteiger partial charge in [-0.1, -0.05) is 32.4 Å². The Morgan fingerprint density at radius 1 is 1.30 bits per heavy atom. The first-order chi connectivity index (χ1) is 9.38. The van der Waals surface area contributed by atoms with Crippen molar-refractivity contribution in [3.63, 3.8) is 0 Å². The van der Waals surface area contributed by atoms with Gasteiger partial charge in [0.1, 0.15) is 10.8 Å². The van der Waals surface area contributed by atoms with Crippen LogP contribution in [0.4, 0.5) is 0 Å². The minimum atomic E-state index is -0.0672. The van der Waals surface area contributed by atoms with E-state index in [1.807, 2.05) is 12.5 Å². The second kappa shape index (κ2) is 4.94. The molecule has 0 bridgehead atoms. The van der Waals surface area contributed by atoms with Crippen molar-refractivity contribution in [1.82, 2.24) is 19.5 Å². The van der Waals surface area contributed by atoms with Crippen LogP contribution in [0, 0.1) is 3.57 Å². The van der Waals surface area contributed by atoms with Crippen LogP contribution in [-0.4, -0.2) is 19.5 Å². The Balaban J connectivity index is 2.14. The van der Waals surface area contributed by atoms with Gasteiger partial charge >= 0.3 is 0 Å². The van der Waals surface area contributed by atoms with Gasteiger partial charge in [0, 0.05) is 11.5 Å². The molecule has 2 aromatic rings. The van der Waals surface area contributed by atoms with Crippen molar-refractivity contribution in [2.24, 2.45) is 0 Å². The quantitative estimate of drug-likeness (QED) is 0.558. The van der Waals surface area contributed by atoms with Gasteiger partial charge in [0.2, 0.25) is 0 Å². The third-order valence-electron chi connectivity index (χ3n) is 3.36. The molecule has 106 valence electrons. The molecule has 0 aromatic carbocycles. The van der Waals surface area contributed by atoms with Crippen LogP contribution in [0.2, 0.25) is 5.15 Å². The Morgan fingerprint density at radius 2 is 2.00 bits per heavy atom. The van der Waals surface area contributed by atoms with E-state index in [1.54, 1.807) is 0 Å². The molecule has 0 N–H and O–H groups in total. The molecule has 1 saturated carbocycles. The summed E-state index contributed by atoms with van der Waals surface area (Å²) in [6.07, 6.45) is 6.09. The standard InChI is InChI=1S/C14H16ClIN4/c1-14(2,3)11-10(16)12(15)19-13(18-11)9-6-17-7-20(9)8-4-5-8/h6-8H,4-5H2,1-3H3. The maximum absolute atomic E-state index is 6.30. The van der Waals surface area contributed by atoms with Crippen LogP contribution in [0.25, 0.3) is 11.5 Å². The molecule has 4 nitrogen and oxygen atoms in total. The first kappa shape index (κ1) is 14.3. The fraction of sp³-hybridized carbons (Fsp3) is 0.500. The first-order valence-corrected chi connectivity index (χ1v) is 8.09. The Kier molecular flexibility index (Phi) is 3.52. The van der Waals surface area contributed by atoms with Crippen LogP contribution >= 0.6 is 34.2 Å². The molecule has 2 aromatic heterocycles. The second-order valence-electron chi connectivity index (χ2n) is 6.17. The van der Waals surface area contributed by atoms with Gasteiger partial charge in [-0.3, -0.25) is 0 Å². The molecule has 1 aliphatic carbocycles. The summed E-state index contributed by atoms with van der Waals surface area (Å²) in [5.41, 5.74) is 1.87. The van der Waals surface area contributed by atoms with Crippen molar-refractivity contribution in [2.75, 3.05) is 0 Å². The molecule has 1 aliphatic rings. The molecule has 20 heavy (non-hydrogen) atoms. The van der Waals surface area contributed by atoms with E-state index in [4.69, 9.17) is 16.6 Å². The molecule has 0 unspecified atom stereocenters. The van der Waals surface area contributed by atoms with E-state index in [0.717, 1.165) is 15.0 Å². The number of hydrogen-bond donors (Lipinski definition) is 0. The largest absolute Gasteiger partial charge is 0.325 e. The van der Waals surface area contributed by atoms with Gasteiger partial charge in [0.15, 0.2) is 5.82 Å². The summed E-state index contributed by atoms with van der Waals surface area (Å²) in [6, 6.07) is 0.548. The zero-order valence-corrected chi connectivity index (χ0v) is 14.6. The number of halogens is 2. The summed E-state index contributed by atoms with van der Waals surface area (Å²) >= 11 is 8.52. The molecular weight excluding hydrogens is 387 g/mol. The average Bonchev–Trinajstić information content (AvgIpc) is 3.09. The van der Waals surface area contributed by atoms with E-state index in [0.29, 0.717) is 17.0 Å². The highest BCUT2D eigenvalue weighted by Gasteiger charge is 2.28. The summed E-state index contributed by atoms with van der Waals surface area (Å²) in [6.45, 7) is 6.40. The smallest absolute Gasteiger partial charge is 0.179 e. The van der Waals surface area contributed by atoms with E-state index in [1.165, 1.54) is 12.8 Å². The van der Waals surface area contributed by atoms with Crippen molar-refractivity contribution < 1.29 is 0 Å². The number of nitrogens with zero attached hydrogens (tertiary/aromatic N) is 4. The van der Waals surface area contributed by atoms with Crippen molar-refractivity contribution in [1.29, 1.82) is 0 Å². The maximum Gasteiger partial charge on any atom is 0.179 e. The van der Waals surface area contributed by atoms with Gasteiger partial charge in [-0.15, -0.1) is 0 Å². The lowest BCUT2D eigenvalue weighted by atomic mass is 9.92. The lowest BCUT2D eigenvalue weighted by Crippen LogP contribution is -2.17. The second-order valence-corrected chi connectivity index (χ2v) is 7.60. The van der Waals surface area contributed by atoms with Gasteiger partial charge < -0.3 is 4.57 Å². The summed E-state index contributed by atoms with van der Waals surface area (Å²) in [4.78, 5) is 13.4. The van der Waals surface area contributed by atoms with Crippen molar-refractivity contribution in [3.8, 4) is 11.5 Å². The third kappa shape index (κ3) is 2.57. The van der Waals surface area contributed by atoms with Crippen LogP contribution in [0.3, 0.4) is 0 Å². The van der Waals surface area contributed by atoms with Crippen molar-refractivity contribution in [3.05, 3.63) is 26.9 Å². The Morgan fingerprint density at radius 3 is 2.60 bits per heavy atom. The third-order valence-corrected chi connectivity index (χ3v) is 4.97. The predicted octanol–water partition coefficient (Wildman–Crippen LogP) is 4.23. The molecule has 6 heteroatoms. The maximum atomic E-state index is 6.30. The lowest BCUT2D eigenvalue weighted by molar-refractivity contribution is 0.563. The minimum absolute atomic E-state index is 0.0672. The highest BCUT2D eigenvalue weighted by atomic mass is 127. The summed E-state index contributed by atoms with van der Waals surface area (Å²) in [5.74, 6) is 0.671. The normalized spacial score (nSPS) is 15.7. The molecule has 0 spiro atoms. The van der Waals surface area contributed by atoms with Crippen LogP contribution in [0.5, 0.6) is 0 Å². The molecular formula is C14H16ClIN4. The summed E-state index contributed by atoms with van der Waals surface area (Å²) in [5, 5.41) is 0.518. The van der Waals surface area contributed by atoms with Crippen molar-refractivity contribution >= 4 is 34.2 Å². The highest BCUT2D eigenvalue weighted by molar-refractivity contribution is 14.1. The van der Waals surface area contributed by atoms with Gasteiger partial charge in [0.05, 0.1) is 21.8 Å². The van der Waals surface area contributed by atoms with E-state index >= 15 is 0 Å². The Labute approximate surface area is 137 Å². The van der Waals surface area contributed by atoms with Gasteiger partial charge in [-0.05, 0) is 35.4 Å². The molecule has 0 aliphatic heterocycles. The molecule has 0 radical (unpaired) electrons. The molecule has 0 amide bonds.